The highest BCUT2D eigenvalue weighted by molar-refractivity contribution is 7.15. The number of nitrogens with zero attached hydrogens (tertiary/aromatic N) is 3. The number of aromatic nitrogens is 2. The molecule has 4 aliphatic carbocycles. The summed E-state index contributed by atoms with van der Waals surface area (Å²) in [6.45, 7) is 16.5. The zero-order valence-corrected chi connectivity index (χ0v) is 33.6. The molecule has 1 aromatic carbocycles. The van der Waals surface area contributed by atoms with Gasteiger partial charge in [-0.2, -0.15) is 0 Å². The molecule has 0 atom stereocenters. The summed E-state index contributed by atoms with van der Waals surface area (Å²) in [6.07, 6.45) is 13.6. The van der Waals surface area contributed by atoms with E-state index in [1.54, 1.807) is 18.4 Å². The van der Waals surface area contributed by atoms with Crippen molar-refractivity contribution in [1.29, 1.82) is 0 Å². The van der Waals surface area contributed by atoms with E-state index in [1.165, 1.54) is 11.1 Å². The van der Waals surface area contributed by atoms with Gasteiger partial charge >= 0.3 is 6.09 Å². The molecule has 2 aromatic heterocycles. The summed E-state index contributed by atoms with van der Waals surface area (Å²) in [5.41, 5.74) is 4.04. The molecule has 0 unspecified atom stereocenters. The van der Waals surface area contributed by atoms with Crippen molar-refractivity contribution in [2.24, 2.45) is 16.7 Å². The summed E-state index contributed by atoms with van der Waals surface area (Å²) >= 11 is 1.71. The van der Waals surface area contributed by atoms with Crippen LogP contribution in [0.2, 0.25) is 0 Å². The lowest BCUT2D eigenvalue weighted by Crippen LogP contribution is -2.52. The van der Waals surface area contributed by atoms with Gasteiger partial charge in [0, 0.05) is 36.8 Å². The van der Waals surface area contributed by atoms with Gasteiger partial charge in [-0.25, -0.2) is 14.8 Å². The number of rotatable bonds is 10. The van der Waals surface area contributed by atoms with Crippen LogP contribution in [-0.2, 0) is 20.4 Å². The van der Waals surface area contributed by atoms with Crippen LogP contribution in [0.1, 0.15) is 128 Å². The van der Waals surface area contributed by atoms with Gasteiger partial charge in [0.25, 0.3) is 0 Å². The molecule has 8 nitrogen and oxygen atoms in total. The second kappa shape index (κ2) is 15.1. The van der Waals surface area contributed by atoms with Crippen molar-refractivity contribution in [2.75, 3.05) is 25.1 Å². The number of pyridine rings is 1. The van der Waals surface area contributed by atoms with Crippen molar-refractivity contribution in [1.82, 2.24) is 15.3 Å². The van der Waals surface area contributed by atoms with Crippen molar-refractivity contribution in [3.63, 3.8) is 0 Å². The summed E-state index contributed by atoms with van der Waals surface area (Å²) in [4.78, 5) is 40.0. The van der Waals surface area contributed by atoms with E-state index in [-0.39, 0.29) is 45.7 Å². The molecule has 9 heteroatoms. The Labute approximate surface area is 315 Å². The Morgan fingerprint density at radius 2 is 1.63 bits per heavy atom. The molecular weight excluding hydrogens is 669 g/mol. The second-order valence-electron chi connectivity index (χ2n) is 18.2. The molecule has 282 valence electrons. The molecule has 2 amide bonds. The Morgan fingerprint density at radius 3 is 2.23 bits per heavy atom. The van der Waals surface area contributed by atoms with Crippen molar-refractivity contribution >= 4 is 29.2 Å². The highest BCUT2D eigenvalue weighted by atomic mass is 32.1. The van der Waals surface area contributed by atoms with Crippen molar-refractivity contribution in [2.45, 2.75) is 136 Å². The number of hydrogen-bond acceptors (Lipinski definition) is 7. The van der Waals surface area contributed by atoms with Crippen molar-refractivity contribution in [3.05, 3.63) is 58.9 Å². The first-order valence-electron chi connectivity index (χ1n) is 19.4. The number of aryl methyl sites for hydroxylation is 1. The van der Waals surface area contributed by atoms with Gasteiger partial charge in [0.05, 0.1) is 17.0 Å². The number of amides is 2. The predicted octanol–water partition coefficient (Wildman–Crippen LogP) is 10.2. The standard InChI is InChI=1S/C43H60N4O4S/c1-29-25-32(11-14-34(29)50-8)43-19-16-42(17-20-43,18-21-43)28-47(36-26-31(15-23-44-36)35-27-46-38(52-35)41(5,6)7)37(48)30-9-12-33(13-10-30)51-39(49)45-24-22-40(2,3)4/h11,14-15,23,25-27,30,33H,9-10,12-13,16-22,24,28H2,1-8H3,(H,45,49)/t30-,33-,42?,43?. The Balaban J connectivity index is 1.19. The van der Waals surface area contributed by atoms with E-state index in [2.05, 4.69) is 78.0 Å². The molecule has 0 radical (unpaired) electrons. The number of ether oxygens (including phenoxy) is 2. The molecule has 52 heavy (non-hydrogen) atoms. The number of thiazole rings is 1. The van der Waals surface area contributed by atoms with E-state index < -0.39 is 0 Å². The maximum atomic E-state index is 14.7. The van der Waals surface area contributed by atoms with Crippen molar-refractivity contribution in [3.8, 4) is 16.2 Å². The first-order chi connectivity index (χ1) is 24.6. The smallest absolute Gasteiger partial charge is 0.407 e. The van der Waals surface area contributed by atoms with Gasteiger partial charge in [-0.3, -0.25) is 9.69 Å². The zero-order chi connectivity index (χ0) is 37.3. The number of hydrogen-bond donors (Lipinski definition) is 1. The first kappa shape index (κ1) is 38.3. The summed E-state index contributed by atoms with van der Waals surface area (Å²) in [7, 11) is 1.74. The Morgan fingerprint density at radius 1 is 0.942 bits per heavy atom. The second-order valence-corrected chi connectivity index (χ2v) is 19.2. The average molecular weight is 729 g/mol. The van der Waals surface area contributed by atoms with Gasteiger partial charge < -0.3 is 14.8 Å². The third kappa shape index (κ3) is 8.67. The van der Waals surface area contributed by atoms with Gasteiger partial charge in [0.15, 0.2) is 0 Å². The molecule has 0 spiro atoms. The molecule has 4 fully saturated rings. The molecule has 2 heterocycles. The van der Waals surface area contributed by atoms with Gasteiger partial charge in [0.1, 0.15) is 17.7 Å². The number of methoxy groups -OCH3 is 1. The Kier molecular flexibility index (Phi) is 11.1. The summed E-state index contributed by atoms with van der Waals surface area (Å²) in [6, 6.07) is 10.9. The number of carbonyl (C=O) groups is 2. The number of nitrogens with one attached hydrogen (secondary N) is 1. The minimum Gasteiger partial charge on any atom is -0.496 e. The van der Waals surface area contributed by atoms with E-state index >= 15 is 0 Å². The molecule has 2 bridgehead atoms. The van der Waals surface area contributed by atoms with Crippen LogP contribution >= 0.6 is 11.3 Å². The van der Waals surface area contributed by atoms with Gasteiger partial charge in [-0.05, 0) is 129 Å². The minimum absolute atomic E-state index is 0.0305. The number of alkyl carbamates (subject to hydrolysis) is 1. The third-order valence-electron chi connectivity index (χ3n) is 12.1. The van der Waals surface area contributed by atoms with E-state index in [4.69, 9.17) is 19.4 Å². The predicted molar refractivity (Wildman–Crippen MR) is 210 cm³/mol. The number of fused-ring (bicyclic) bond motifs is 3. The summed E-state index contributed by atoms with van der Waals surface area (Å²) < 4.78 is 11.4. The van der Waals surface area contributed by atoms with Crippen LogP contribution in [0.15, 0.2) is 42.7 Å². The van der Waals surface area contributed by atoms with Crippen LogP contribution in [0.5, 0.6) is 5.75 Å². The van der Waals surface area contributed by atoms with Crippen LogP contribution < -0.4 is 15.0 Å². The average Bonchev–Trinajstić information content (AvgIpc) is 3.63. The van der Waals surface area contributed by atoms with Crippen LogP contribution in [0, 0.1) is 23.7 Å². The molecule has 0 saturated heterocycles. The summed E-state index contributed by atoms with van der Waals surface area (Å²) in [5.74, 6) is 1.69. The summed E-state index contributed by atoms with van der Waals surface area (Å²) in [5, 5.41) is 4.01. The number of anilines is 1. The third-order valence-corrected chi connectivity index (χ3v) is 13.5. The van der Waals surface area contributed by atoms with E-state index in [0.717, 1.165) is 72.0 Å². The van der Waals surface area contributed by atoms with Gasteiger partial charge in [0.2, 0.25) is 5.91 Å². The first-order valence-corrected chi connectivity index (χ1v) is 20.2. The highest BCUT2D eigenvalue weighted by Crippen LogP contribution is 2.58. The fraction of sp³-hybridized carbons (Fsp3) is 0.628. The lowest BCUT2D eigenvalue weighted by atomic mass is 9.51. The Hall–Kier alpha value is -3.46. The largest absolute Gasteiger partial charge is 0.496 e. The monoisotopic (exact) mass is 728 g/mol. The number of benzene rings is 1. The zero-order valence-electron chi connectivity index (χ0n) is 32.8. The van der Waals surface area contributed by atoms with Gasteiger partial charge in [-0.1, -0.05) is 53.7 Å². The van der Waals surface area contributed by atoms with Crippen LogP contribution in [0.4, 0.5) is 10.6 Å². The van der Waals surface area contributed by atoms with Crippen LogP contribution in [0.25, 0.3) is 10.4 Å². The number of carbonyl (C=O) groups excluding carboxylic acids is 2. The van der Waals surface area contributed by atoms with E-state index in [9.17, 15) is 9.59 Å². The van der Waals surface area contributed by atoms with Crippen LogP contribution in [-0.4, -0.2) is 48.3 Å². The van der Waals surface area contributed by atoms with E-state index in [0.29, 0.717) is 38.8 Å². The maximum absolute atomic E-state index is 14.7. The van der Waals surface area contributed by atoms with E-state index in [1.807, 2.05) is 23.4 Å². The minimum atomic E-state index is -0.353. The fourth-order valence-electron chi connectivity index (χ4n) is 8.60. The topological polar surface area (TPSA) is 93.7 Å². The normalized spacial score (nSPS) is 24.7. The maximum Gasteiger partial charge on any atom is 0.407 e. The lowest BCUT2D eigenvalue weighted by molar-refractivity contribution is -0.124. The molecule has 0 aliphatic heterocycles. The fourth-order valence-corrected chi connectivity index (χ4v) is 9.57. The molecule has 1 N–H and O–H groups in total. The Bertz CT molecular complexity index is 1700. The SMILES string of the molecule is COc1ccc(C23CCC(CN(c4cc(-c5cnc(C(C)(C)C)s5)ccn4)C(=O)[C@H]4CC[C@H](OC(=O)NCCC(C)(C)C)CC4)(CC2)CC3)cc1C. The quantitative estimate of drug-likeness (QED) is 0.223. The van der Waals surface area contributed by atoms with Crippen molar-refractivity contribution < 1.29 is 19.1 Å². The molecule has 7 rings (SSSR count). The molecule has 3 aromatic rings. The molecule has 4 aliphatic rings. The lowest BCUT2D eigenvalue weighted by Gasteiger charge is -2.55. The molecular formula is C43H60N4O4S. The van der Waals surface area contributed by atoms with Gasteiger partial charge in [-0.15, -0.1) is 11.3 Å². The molecule has 4 saturated carbocycles. The highest BCUT2D eigenvalue weighted by Gasteiger charge is 2.51. The van der Waals surface area contributed by atoms with Crippen LogP contribution in [0.3, 0.4) is 0 Å².